The smallest absolute Gasteiger partial charge is 0.343 e. The van der Waals surface area contributed by atoms with Crippen molar-refractivity contribution in [3.05, 3.63) is 72.2 Å². The molecule has 0 atom stereocenters. The Kier molecular flexibility index (Phi) is 5.43. The van der Waals surface area contributed by atoms with E-state index in [0.717, 1.165) is 11.4 Å². The summed E-state index contributed by atoms with van der Waals surface area (Å²) in [5.41, 5.74) is 2.05. The molecule has 3 rings (SSSR count). The topological polar surface area (TPSA) is 73.3 Å². The van der Waals surface area contributed by atoms with Crippen molar-refractivity contribution in [2.75, 3.05) is 11.9 Å². The van der Waals surface area contributed by atoms with E-state index in [1.165, 1.54) is 6.33 Å². The highest BCUT2D eigenvalue weighted by molar-refractivity contribution is 5.91. The standard InChI is InChI=1S/C20H19N3O3/c1-3-25-17-8-4-6-15(11-17)20(24)26-18-9-5-7-16(12-18)23-19-10-14(2)21-13-22-19/h4-13H,3H2,1-2H3,(H,21,22,23). The van der Waals surface area contributed by atoms with Gasteiger partial charge in [-0.15, -0.1) is 0 Å². The molecule has 132 valence electrons. The van der Waals surface area contributed by atoms with Gasteiger partial charge in [-0.2, -0.15) is 0 Å². The number of carbonyl (C=O) groups is 1. The van der Waals surface area contributed by atoms with Gasteiger partial charge in [0.15, 0.2) is 0 Å². The van der Waals surface area contributed by atoms with Gasteiger partial charge < -0.3 is 14.8 Å². The van der Waals surface area contributed by atoms with Crippen LogP contribution in [0.1, 0.15) is 23.0 Å². The van der Waals surface area contributed by atoms with Gasteiger partial charge in [-0.3, -0.25) is 0 Å². The first-order chi connectivity index (χ1) is 12.6. The highest BCUT2D eigenvalue weighted by Gasteiger charge is 2.10. The second-order valence-electron chi connectivity index (χ2n) is 5.55. The summed E-state index contributed by atoms with van der Waals surface area (Å²) >= 11 is 0. The molecule has 0 saturated carbocycles. The Morgan fingerprint density at radius 3 is 2.65 bits per heavy atom. The first-order valence-electron chi connectivity index (χ1n) is 8.25. The van der Waals surface area contributed by atoms with E-state index in [1.54, 1.807) is 42.5 Å². The maximum absolute atomic E-state index is 12.4. The van der Waals surface area contributed by atoms with Crippen LogP contribution in [0.25, 0.3) is 0 Å². The Balaban J connectivity index is 1.72. The minimum atomic E-state index is -0.443. The number of ether oxygens (including phenoxy) is 2. The molecule has 0 bridgehead atoms. The SMILES string of the molecule is CCOc1cccc(C(=O)Oc2cccc(Nc3cc(C)ncn3)c2)c1. The van der Waals surface area contributed by atoms with Crippen molar-refractivity contribution < 1.29 is 14.3 Å². The molecule has 0 fully saturated rings. The highest BCUT2D eigenvalue weighted by atomic mass is 16.5. The summed E-state index contributed by atoms with van der Waals surface area (Å²) in [6, 6.07) is 15.9. The zero-order valence-electron chi connectivity index (χ0n) is 14.6. The quantitative estimate of drug-likeness (QED) is 0.532. The molecule has 2 aromatic carbocycles. The number of carbonyl (C=O) groups excluding carboxylic acids is 1. The molecular formula is C20H19N3O3. The molecule has 6 heteroatoms. The lowest BCUT2D eigenvalue weighted by Crippen LogP contribution is -2.09. The number of hydrogen-bond donors (Lipinski definition) is 1. The van der Waals surface area contributed by atoms with Crippen molar-refractivity contribution in [2.45, 2.75) is 13.8 Å². The van der Waals surface area contributed by atoms with Crippen molar-refractivity contribution in [1.82, 2.24) is 9.97 Å². The van der Waals surface area contributed by atoms with Gasteiger partial charge in [0, 0.05) is 23.5 Å². The first kappa shape index (κ1) is 17.4. The van der Waals surface area contributed by atoms with Crippen LogP contribution in [0.3, 0.4) is 0 Å². The lowest BCUT2D eigenvalue weighted by atomic mass is 10.2. The second kappa shape index (κ2) is 8.11. The minimum absolute atomic E-state index is 0.431. The van der Waals surface area contributed by atoms with E-state index >= 15 is 0 Å². The summed E-state index contributed by atoms with van der Waals surface area (Å²) in [7, 11) is 0. The van der Waals surface area contributed by atoms with Crippen LogP contribution < -0.4 is 14.8 Å². The fourth-order valence-electron chi connectivity index (χ4n) is 2.35. The average Bonchev–Trinajstić information content (AvgIpc) is 2.62. The lowest BCUT2D eigenvalue weighted by Gasteiger charge is -2.09. The fourth-order valence-corrected chi connectivity index (χ4v) is 2.35. The molecule has 0 amide bonds. The maximum Gasteiger partial charge on any atom is 0.343 e. The van der Waals surface area contributed by atoms with E-state index in [1.807, 2.05) is 26.0 Å². The van der Waals surface area contributed by atoms with Crippen LogP contribution in [0, 0.1) is 6.92 Å². The van der Waals surface area contributed by atoms with Gasteiger partial charge in [0.1, 0.15) is 23.6 Å². The van der Waals surface area contributed by atoms with E-state index in [9.17, 15) is 4.79 Å². The third-order valence-electron chi connectivity index (χ3n) is 3.50. The van der Waals surface area contributed by atoms with Crippen LogP contribution in [0.15, 0.2) is 60.9 Å². The van der Waals surface area contributed by atoms with Gasteiger partial charge in [-0.25, -0.2) is 14.8 Å². The number of rotatable bonds is 6. The Hall–Kier alpha value is -3.41. The molecule has 0 radical (unpaired) electrons. The summed E-state index contributed by atoms with van der Waals surface area (Å²) in [6.07, 6.45) is 1.49. The summed E-state index contributed by atoms with van der Waals surface area (Å²) < 4.78 is 10.9. The van der Waals surface area contributed by atoms with Crippen LogP contribution in [0.2, 0.25) is 0 Å². The lowest BCUT2D eigenvalue weighted by molar-refractivity contribution is 0.0734. The summed E-state index contributed by atoms with van der Waals surface area (Å²) in [6.45, 7) is 4.32. The molecule has 0 aliphatic carbocycles. The zero-order chi connectivity index (χ0) is 18.4. The Bertz CT molecular complexity index is 912. The number of esters is 1. The second-order valence-corrected chi connectivity index (χ2v) is 5.55. The van der Waals surface area contributed by atoms with E-state index in [4.69, 9.17) is 9.47 Å². The predicted octanol–water partition coefficient (Wildman–Crippen LogP) is 4.15. The van der Waals surface area contributed by atoms with Gasteiger partial charge in [0.05, 0.1) is 12.2 Å². The van der Waals surface area contributed by atoms with Crippen molar-refractivity contribution >= 4 is 17.5 Å². The van der Waals surface area contributed by atoms with E-state index < -0.39 is 5.97 Å². The van der Waals surface area contributed by atoms with Crippen LogP contribution in [-0.4, -0.2) is 22.5 Å². The largest absolute Gasteiger partial charge is 0.494 e. The molecule has 0 aliphatic rings. The van der Waals surface area contributed by atoms with Crippen LogP contribution in [0.5, 0.6) is 11.5 Å². The molecule has 3 aromatic rings. The van der Waals surface area contributed by atoms with Crippen molar-refractivity contribution in [3.8, 4) is 11.5 Å². The third-order valence-corrected chi connectivity index (χ3v) is 3.50. The molecule has 1 aromatic heterocycles. The molecule has 0 unspecified atom stereocenters. The number of nitrogens with zero attached hydrogens (tertiary/aromatic N) is 2. The molecule has 0 saturated heterocycles. The third kappa shape index (κ3) is 4.57. The first-order valence-corrected chi connectivity index (χ1v) is 8.25. The maximum atomic E-state index is 12.4. The normalized spacial score (nSPS) is 10.2. The van der Waals surface area contributed by atoms with E-state index in [0.29, 0.717) is 29.5 Å². The molecular weight excluding hydrogens is 330 g/mol. The average molecular weight is 349 g/mol. The molecule has 6 nitrogen and oxygen atoms in total. The summed E-state index contributed by atoms with van der Waals surface area (Å²) in [5.74, 6) is 1.30. The summed E-state index contributed by atoms with van der Waals surface area (Å²) in [4.78, 5) is 20.6. The Labute approximate surface area is 151 Å². The fraction of sp³-hybridized carbons (Fsp3) is 0.150. The van der Waals surface area contributed by atoms with Gasteiger partial charge in [-0.1, -0.05) is 12.1 Å². The van der Waals surface area contributed by atoms with Crippen LogP contribution in [-0.2, 0) is 0 Å². The van der Waals surface area contributed by atoms with Gasteiger partial charge in [-0.05, 0) is 44.2 Å². The van der Waals surface area contributed by atoms with Crippen LogP contribution in [0.4, 0.5) is 11.5 Å². The number of nitrogens with one attached hydrogen (secondary N) is 1. The molecule has 0 spiro atoms. The molecule has 26 heavy (non-hydrogen) atoms. The van der Waals surface area contributed by atoms with Crippen molar-refractivity contribution in [2.24, 2.45) is 0 Å². The van der Waals surface area contributed by atoms with Crippen molar-refractivity contribution in [3.63, 3.8) is 0 Å². The Morgan fingerprint density at radius 1 is 1.04 bits per heavy atom. The number of aryl methyl sites for hydroxylation is 1. The minimum Gasteiger partial charge on any atom is -0.494 e. The van der Waals surface area contributed by atoms with Crippen LogP contribution >= 0.6 is 0 Å². The van der Waals surface area contributed by atoms with Gasteiger partial charge in [0.2, 0.25) is 0 Å². The monoisotopic (exact) mass is 349 g/mol. The van der Waals surface area contributed by atoms with E-state index in [2.05, 4.69) is 15.3 Å². The molecule has 1 heterocycles. The molecule has 0 aliphatic heterocycles. The predicted molar refractivity (Wildman–Crippen MR) is 99.1 cm³/mol. The Morgan fingerprint density at radius 2 is 1.85 bits per heavy atom. The number of hydrogen-bond acceptors (Lipinski definition) is 6. The van der Waals surface area contributed by atoms with E-state index in [-0.39, 0.29) is 0 Å². The number of anilines is 2. The number of benzene rings is 2. The zero-order valence-corrected chi connectivity index (χ0v) is 14.6. The summed E-state index contributed by atoms with van der Waals surface area (Å²) in [5, 5.41) is 3.16. The molecule has 1 N–H and O–H groups in total. The van der Waals surface area contributed by atoms with Gasteiger partial charge in [0.25, 0.3) is 0 Å². The van der Waals surface area contributed by atoms with Crippen molar-refractivity contribution in [1.29, 1.82) is 0 Å². The van der Waals surface area contributed by atoms with Gasteiger partial charge >= 0.3 is 5.97 Å². The highest BCUT2D eigenvalue weighted by Crippen LogP contribution is 2.22. The number of aromatic nitrogens is 2.